The molecule has 2 aliphatic rings. The van der Waals surface area contributed by atoms with Crippen LogP contribution in [-0.4, -0.2) is 13.2 Å². The zero-order chi connectivity index (χ0) is 31.3. The first-order valence-electron chi connectivity index (χ1n) is 15.8. The van der Waals surface area contributed by atoms with E-state index in [0.717, 1.165) is 12.8 Å². The van der Waals surface area contributed by atoms with Crippen LogP contribution >= 0.6 is 0 Å². The Morgan fingerprint density at radius 1 is 0.643 bits per heavy atom. The highest BCUT2D eigenvalue weighted by atomic mass is 16.5. The average molecular weight is 567 g/mol. The van der Waals surface area contributed by atoms with Crippen molar-refractivity contribution in [1.29, 1.82) is 0 Å². The number of methoxy groups -OCH3 is 1. The Morgan fingerprint density at radius 3 is 1.60 bits per heavy atom. The summed E-state index contributed by atoms with van der Waals surface area (Å²) in [5.41, 5.74) is 11.3. The lowest BCUT2D eigenvalue weighted by molar-refractivity contribution is 0.101. The van der Waals surface area contributed by atoms with E-state index in [1.165, 1.54) is 58.3 Å². The summed E-state index contributed by atoms with van der Waals surface area (Å²) in [5, 5.41) is 0. The molecule has 0 saturated heterocycles. The molecule has 0 aromatic rings. The lowest BCUT2D eigenvalue weighted by Crippen LogP contribution is -2.28. The van der Waals surface area contributed by atoms with E-state index in [1.54, 1.807) is 5.57 Å². The summed E-state index contributed by atoms with van der Waals surface area (Å²) in [6.45, 7) is 22.5. The molecule has 42 heavy (non-hydrogen) atoms. The summed E-state index contributed by atoms with van der Waals surface area (Å²) in [4.78, 5) is 0. The molecule has 1 nitrogen and oxygen atoms in total. The second-order valence-electron chi connectivity index (χ2n) is 13.6. The van der Waals surface area contributed by atoms with Gasteiger partial charge in [-0.25, -0.2) is 0 Å². The van der Waals surface area contributed by atoms with Crippen LogP contribution < -0.4 is 0 Å². The van der Waals surface area contributed by atoms with Crippen molar-refractivity contribution < 1.29 is 4.74 Å². The van der Waals surface area contributed by atoms with Crippen molar-refractivity contribution in [3.05, 3.63) is 130 Å². The van der Waals surface area contributed by atoms with Gasteiger partial charge in [-0.2, -0.15) is 0 Å². The van der Waals surface area contributed by atoms with Crippen LogP contribution in [0.1, 0.15) is 101 Å². The maximum absolute atomic E-state index is 5.70. The maximum Gasteiger partial charge on any atom is 0.0784 e. The van der Waals surface area contributed by atoms with Gasteiger partial charge in [-0.15, -0.1) is 0 Å². The number of hydrogen-bond donors (Lipinski definition) is 0. The molecule has 228 valence electrons. The lowest BCUT2D eigenvalue weighted by Gasteiger charge is -2.36. The normalized spacial score (nSPS) is 23.3. The van der Waals surface area contributed by atoms with E-state index < -0.39 is 0 Å². The van der Waals surface area contributed by atoms with E-state index in [1.807, 2.05) is 7.11 Å². The van der Waals surface area contributed by atoms with E-state index in [-0.39, 0.29) is 16.9 Å². The zero-order valence-electron chi connectivity index (χ0n) is 28.6. The second kappa shape index (κ2) is 16.7. The Kier molecular flexibility index (Phi) is 14.0. The first-order chi connectivity index (χ1) is 19.8. The fourth-order valence-electron chi connectivity index (χ4n) is 5.98. The molecule has 0 amide bonds. The molecule has 0 aromatic carbocycles. The Hall–Kier alpha value is -2.90. The molecule has 0 fully saturated rings. The Labute approximate surface area is 259 Å². The monoisotopic (exact) mass is 566 g/mol. The second-order valence-corrected chi connectivity index (χ2v) is 13.6. The minimum absolute atomic E-state index is 0.191. The SMILES string of the molecule is COC1CCC(C)(C)C(/C=C/C(C)=C/C=C/C(C)=C/C=C/C=C(C)/C=C/C=C(C)/C=C/C2=C(C)CCCC2(C)C)=C1C. The summed E-state index contributed by atoms with van der Waals surface area (Å²) in [5.74, 6) is 0. The van der Waals surface area contributed by atoms with Crippen LogP contribution in [0.3, 0.4) is 0 Å². The van der Waals surface area contributed by atoms with Crippen LogP contribution in [0.25, 0.3) is 0 Å². The summed E-state index contributed by atoms with van der Waals surface area (Å²) in [6.07, 6.45) is 36.9. The quantitative estimate of drug-likeness (QED) is 0.226. The molecule has 0 bridgehead atoms. The number of ether oxygens (including phenoxy) is 1. The molecule has 0 aliphatic heterocycles. The molecule has 0 heterocycles. The van der Waals surface area contributed by atoms with Gasteiger partial charge in [0.05, 0.1) is 6.10 Å². The summed E-state index contributed by atoms with van der Waals surface area (Å²) in [6, 6.07) is 0. The maximum atomic E-state index is 5.70. The first-order valence-corrected chi connectivity index (χ1v) is 15.8. The Balaban J connectivity index is 1.92. The van der Waals surface area contributed by atoms with Crippen molar-refractivity contribution in [3.8, 4) is 0 Å². The van der Waals surface area contributed by atoms with Gasteiger partial charge in [-0.3, -0.25) is 0 Å². The van der Waals surface area contributed by atoms with Gasteiger partial charge in [-0.05, 0) is 101 Å². The average Bonchev–Trinajstić information content (AvgIpc) is 2.90. The number of rotatable bonds is 11. The lowest BCUT2D eigenvalue weighted by atomic mass is 9.71. The van der Waals surface area contributed by atoms with Crippen LogP contribution in [0.2, 0.25) is 0 Å². The highest BCUT2D eigenvalue weighted by molar-refractivity contribution is 5.39. The molecule has 0 spiro atoms. The molecular formula is C41H58O. The molecule has 0 radical (unpaired) electrons. The van der Waals surface area contributed by atoms with Gasteiger partial charge in [0.25, 0.3) is 0 Å². The molecule has 0 aromatic heterocycles. The van der Waals surface area contributed by atoms with Crippen LogP contribution in [-0.2, 0) is 4.74 Å². The van der Waals surface area contributed by atoms with Gasteiger partial charge in [-0.1, -0.05) is 141 Å². The molecule has 0 N–H and O–H groups in total. The minimum Gasteiger partial charge on any atom is -0.377 e. The van der Waals surface area contributed by atoms with Crippen LogP contribution in [0, 0.1) is 10.8 Å². The van der Waals surface area contributed by atoms with Gasteiger partial charge in [0.2, 0.25) is 0 Å². The van der Waals surface area contributed by atoms with E-state index in [9.17, 15) is 0 Å². The molecular weight excluding hydrogens is 508 g/mol. The minimum atomic E-state index is 0.191. The smallest absolute Gasteiger partial charge is 0.0784 e. The highest BCUT2D eigenvalue weighted by Crippen LogP contribution is 2.42. The topological polar surface area (TPSA) is 9.23 Å². The van der Waals surface area contributed by atoms with Crippen molar-refractivity contribution >= 4 is 0 Å². The largest absolute Gasteiger partial charge is 0.377 e. The van der Waals surface area contributed by atoms with E-state index in [2.05, 4.69) is 154 Å². The van der Waals surface area contributed by atoms with E-state index in [4.69, 9.17) is 4.74 Å². The van der Waals surface area contributed by atoms with Crippen molar-refractivity contribution in [2.24, 2.45) is 10.8 Å². The first kappa shape index (κ1) is 35.3. The summed E-state index contributed by atoms with van der Waals surface area (Å²) < 4.78 is 5.70. The van der Waals surface area contributed by atoms with Crippen molar-refractivity contribution in [2.75, 3.05) is 7.11 Å². The van der Waals surface area contributed by atoms with Crippen molar-refractivity contribution in [1.82, 2.24) is 0 Å². The Morgan fingerprint density at radius 2 is 1.10 bits per heavy atom. The molecule has 2 rings (SSSR count). The van der Waals surface area contributed by atoms with Crippen molar-refractivity contribution in [2.45, 2.75) is 107 Å². The molecule has 1 unspecified atom stereocenters. The van der Waals surface area contributed by atoms with Gasteiger partial charge < -0.3 is 4.74 Å². The molecule has 0 saturated carbocycles. The standard InChI is InChI=1S/C41H58O/c1-31(19-14-21-33(3)24-26-37-35(5)23-16-29-40(37,7)8)17-12-13-18-32(2)20-15-22-34(4)25-27-38-36(6)39(42-11)28-30-41(38,9)10/h12-15,17-22,24-27,39H,16,23,28-30H2,1-11H3/b13-12+,19-14+,20-15+,26-24+,27-25+,31-17+,32-18+,33-21+,34-22+. The summed E-state index contributed by atoms with van der Waals surface area (Å²) >= 11 is 0. The number of allylic oxidation sites excluding steroid dienone is 21. The third-order valence-electron chi connectivity index (χ3n) is 8.79. The fourth-order valence-corrected chi connectivity index (χ4v) is 5.98. The van der Waals surface area contributed by atoms with Gasteiger partial charge in [0.15, 0.2) is 0 Å². The van der Waals surface area contributed by atoms with Crippen LogP contribution in [0.5, 0.6) is 0 Å². The third-order valence-corrected chi connectivity index (χ3v) is 8.79. The molecule has 2 aliphatic carbocycles. The van der Waals surface area contributed by atoms with Crippen LogP contribution in [0.4, 0.5) is 0 Å². The summed E-state index contributed by atoms with van der Waals surface area (Å²) in [7, 11) is 1.82. The van der Waals surface area contributed by atoms with E-state index >= 15 is 0 Å². The van der Waals surface area contributed by atoms with E-state index in [0.29, 0.717) is 0 Å². The third kappa shape index (κ3) is 11.4. The molecule has 1 heteroatoms. The molecule has 1 atom stereocenters. The Bertz CT molecular complexity index is 1270. The zero-order valence-corrected chi connectivity index (χ0v) is 28.6. The van der Waals surface area contributed by atoms with Gasteiger partial charge in [0.1, 0.15) is 0 Å². The van der Waals surface area contributed by atoms with Crippen LogP contribution in [0.15, 0.2) is 130 Å². The fraction of sp³-hybridized carbons (Fsp3) is 0.463. The van der Waals surface area contributed by atoms with Crippen molar-refractivity contribution in [3.63, 3.8) is 0 Å². The highest BCUT2D eigenvalue weighted by Gasteiger charge is 2.31. The van der Waals surface area contributed by atoms with Gasteiger partial charge >= 0.3 is 0 Å². The number of hydrogen-bond acceptors (Lipinski definition) is 1. The van der Waals surface area contributed by atoms with Gasteiger partial charge in [0, 0.05) is 7.11 Å². The predicted octanol–water partition coefficient (Wildman–Crippen LogP) is 12.2. The predicted molar refractivity (Wildman–Crippen MR) is 188 cm³/mol.